The molecule has 2 aliphatic heterocycles. The van der Waals surface area contributed by atoms with Gasteiger partial charge in [0.25, 0.3) is 0 Å². The topological polar surface area (TPSA) is 23.6 Å². The molecule has 0 unspecified atom stereocenters. The van der Waals surface area contributed by atoms with Crippen LogP contribution in [0.15, 0.2) is 42.5 Å². The zero-order valence-electron chi connectivity index (χ0n) is 17.0. The van der Waals surface area contributed by atoms with Crippen LogP contribution >= 0.6 is 12.4 Å². The second-order valence-corrected chi connectivity index (χ2v) is 8.15. The van der Waals surface area contributed by atoms with Crippen LogP contribution in [0.25, 0.3) is 11.1 Å². The summed E-state index contributed by atoms with van der Waals surface area (Å²) in [7, 11) is 0. The van der Waals surface area contributed by atoms with Crippen LogP contribution in [0.5, 0.6) is 0 Å². The van der Waals surface area contributed by atoms with Crippen LogP contribution < -0.4 is 0 Å². The fourth-order valence-corrected chi connectivity index (χ4v) is 4.46. The number of benzene rings is 2. The number of fused-ring (bicyclic) bond motifs is 1. The van der Waals surface area contributed by atoms with Crippen LogP contribution in [0.2, 0.25) is 0 Å². The number of likely N-dealkylation sites (tertiary alicyclic amines) is 1. The molecule has 2 aromatic carbocycles. The lowest BCUT2D eigenvalue weighted by Gasteiger charge is -2.28. The lowest BCUT2D eigenvalue weighted by molar-refractivity contribution is -0.129. The van der Waals surface area contributed by atoms with Gasteiger partial charge >= 0.3 is 0 Å². The Morgan fingerprint density at radius 2 is 1.79 bits per heavy atom. The number of carbonyl (C=O) groups excluding carboxylic acids is 1. The molecule has 0 spiro atoms. The lowest BCUT2D eigenvalue weighted by Crippen LogP contribution is -2.34. The molecule has 28 heavy (non-hydrogen) atoms. The summed E-state index contributed by atoms with van der Waals surface area (Å²) in [5, 5.41) is 0. The van der Waals surface area contributed by atoms with E-state index in [1.807, 2.05) is 4.90 Å². The van der Waals surface area contributed by atoms with Crippen molar-refractivity contribution in [3.8, 4) is 11.1 Å². The summed E-state index contributed by atoms with van der Waals surface area (Å²) in [6, 6.07) is 16.5. The molecule has 0 aromatic heterocycles. The van der Waals surface area contributed by atoms with E-state index in [2.05, 4.69) is 54.3 Å². The SMILES string of the molecule is CC(=O)N1CCc2cc(-c3ccc(CCN4CCC[C@H]4C)cc3)ccc2C1.Cl. The van der Waals surface area contributed by atoms with Crippen LogP contribution in [-0.2, 0) is 24.2 Å². The maximum atomic E-state index is 11.6. The predicted molar refractivity (Wildman–Crippen MR) is 118 cm³/mol. The molecule has 0 saturated carbocycles. The summed E-state index contributed by atoms with van der Waals surface area (Å²) in [5.74, 6) is 0.170. The number of halogens is 1. The second-order valence-electron chi connectivity index (χ2n) is 8.15. The van der Waals surface area contributed by atoms with Crippen molar-refractivity contribution in [1.29, 1.82) is 0 Å². The van der Waals surface area contributed by atoms with Gasteiger partial charge in [0.15, 0.2) is 0 Å². The Labute approximate surface area is 175 Å². The Balaban J connectivity index is 0.00000225. The molecule has 3 nitrogen and oxygen atoms in total. The standard InChI is InChI=1S/C24H30N2O.ClH/c1-18-4-3-13-25(18)14-11-20-5-7-21(8-6-20)22-9-10-24-17-26(19(2)27)15-12-23(24)16-22;/h5-10,16,18H,3-4,11-15,17H2,1-2H3;1H/t18-;/m1./s1. The van der Waals surface area contributed by atoms with E-state index in [1.165, 1.54) is 53.7 Å². The summed E-state index contributed by atoms with van der Waals surface area (Å²) < 4.78 is 0. The molecule has 4 heteroatoms. The van der Waals surface area contributed by atoms with Gasteiger partial charge < -0.3 is 9.80 Å². The molecule has 0 aliphatic carbocycles. The molecule has 0 radical (unpaired) electrons. The molecule has 2 aliphatic rings. The minimum atomic E-state index is 0. The fraction of sp³-hybridized carbons (Fsp3) is 0.458. The molecule has 0 N–H and O–H groups in total. The summed E-state index contributed by atoms with van der Waals surface area (Å²) >= 11 is 0. The minimum absolute atomic E-state index is 0. The third-order valence-corrected chi connectivity index (χ3v) is 6.33. The fourth-order valence-electron chi connectivity index (χ4n) is 4.46. The quantitative estimate of drug-likeness (QED) is 0.744. The molecular weight excluding hydrogens is 368 g/mol. The van der Waals surface area contributed by atoms with Gasteiger partial charge in [-0.05, 0) is 67.0 Å². The van der Waals surface area contributed by atoms with E-state index in [1.54, 1.807) is 6.92 Å². The van der Waals surface area contributed by atoms with E-state index in [0.717, 1.165) is 32.0 Å². The zero-order valence-corrected chi connectivity index (χ0v) is 17.8. The Morgan fingerprint density at radius 1 is 1.04 bits per heavy atom. The summed E-state index contributed by atoms with van der Waals surface area (Å²) in [4.78, 5) is 16.1. The van der Waals surface area contributed by atoms with Crippen LogP contribution in [0.4, 0.5) is 0 Å². The Morgan fingerprint density at radius 3 is 2.46 bits per heavy atom. The normalized spacial score (nSPS) is 19.2. The average molecular weight is 399 g/mol. The molecule has 150 valence electrons. The third kappa shape index (κ3) is 4.59. The lowest BCUT2D eigenvalue weighted by atomic mass is 9.94. The van der Waals surface area contributed by atoms with Crippen molar-refractivity contribution < 1.29 is 4.79 Å². The number of hydrogen-bond donors (Lipinski definition) is 0. The highest BCUT2D eigenvalue weighted by molar-refractivity contribution is 5.85. The number of nitrogens with zero attached hydrogens (tertiary/aromatic N) is 2. The van der Waals surface area contributed by atoms with Crippen molar-refractivity contribution in [2.45, 2.75) is 52.1 Å². The van der Waals surface area contributed by atoms with Crippen LogP contribution in [-0.4, -0.2) is 41.4 Å². The van der Waals surface area contributed by atoms with Crippen molar-refractivity contribution >= 4 is 18.3 Å². The van der Waals surface area contributed by atoms with Crippen molar-refractivity contribution in [2.75, 3.05) is 19.6 Å². The monoisotopic (exact) mass is 398 g/mol. The van der Waals surface area contributed by atoms with Gasteiger partial charge in [-0.2, -0.15) is 0 Å². The first-order valence-corrected chi connectivity index (χ1v) is 10.3. The Hall–Kier alpha value is -1.84. The van der Waals surface area contributed by atoms with E-state index in [-0.39, 0.29) is 18.3 Å². The summed E-state index contributed by atoms with van der Waals surface area (Å²) in [6.07, 6.45) is 4.79. The molecule has 2 heterocycles. The number of hydrogen-bond acceptors (Lipinski definition) is 2. The highest BCUT2D eigenvalue weighted by Crippen LogP contribution is 2.27. The van der Waals surface area contributed by atoms with Gasteiger partial charge in [-0.1, -0.05) is 42.5 Å². The minimum Gasteiger partial charge on any atom is -0.338 e. The van der Waals surface area contributed by atoms with Crippen LogP contribution in [0.1, 0.15) is 43.4 Å². The van der Waals surface area contributed by atoms with Crippen molar-refractivity contribution in [1.82, 2.24) is 9.80 Å². The molecular formula is C24H31ClN2O. The Bertz CT molecular complexity index is 818. The van der Waals surface area contributed by atoms with E-state index in [9.17, 15) is 4.79 Å². The van der Waals surface area contributed by atoms with Gasteiger partial charge in [0, 0.05) is 32.6 Å². The maximum Gasteiger partial charge on any atom is 0.219 e. The maximum absolute atomic E-state index is 11.6. The number of rotatable bonds is 4. The van der Waals surface area contributed by atoms with E-state index in [4.69, 9.17) is 0 Å². The first-order valence-electron chi connectivity index (χ1n) is 10.3. The van der Waals surface area contributed by atoms with E-state index < -0.39 is 0 Å². The molecule has 0 bridgehead atoms. The van der Waals surface area contributed by atoms with Gasteiger partial charge in [-0.3, -0.25) is 4.79 Å². The third-order valence-electron chi connectivity index (χ3n) is 6.33. The molecule has 1 amide bonds. The second kappa shape index (κ2) is 9.11. The Kier molecular flexibility index (Phi) is 6.79. The van der Waals surface area contributed by atoms with Crippen molar-refractivity contribution in [2.24, 2.45) is 0 Å². The average Bonchev–Trinajstić information content (AvgIpc) is 3.10. The molecule has 2 aromatic rings. The number of amides is 1. The predicted octanol–water partition coefficient (Wildman–Crippen LogP) is 4.71. The molecule has 4 rings (SSSR count). The molecule has 1 saturated heterocycles. The largest absolute Gasteiger partial charge is 0.338 e. The van der Waals surface area contributed by atoms with Gasteiger partial charge in [-0.15, -0.1) is 12.4 Å². The summed E-state index contributed by atoms with van der Waals surface area (Å²) in [6.45, 7) is 8.02. The van der Waals surface area contributed by atoms with Crippen LogP contribution in [0, 0.1) is 0 Å². The highest BCUT2D eigenvalue weighted by atomic mass is 35.5. The van der Waals surface area contributed by atoms with Gasteiger partial charge in [0.2, 0.25) is 5.91 Å². The molecule has 1 fully saturated rings. The first kappa shape index (κ1) is 20.9. The van der Waals surface area contributed by atoms with Crippen molar-refractivity contribution in [3.63, 3.8) is 0 Å². The van der Waals surface area contributed by atoms with E-state index >= 15 is 0 Å². The van der Waals surface area contributed by atoms with E-state index in [0.29, 0.717) is 0 Å². The van der Waals surface area contributed by atoms with Crippen molar-refractivity contribution in [3.05, 3.63) is 59.2 Å². The van der Waals surface area contributed by atoms with Gasteiger partial charge in [0.1, 0.15) is 0 Å². The smallest absolute Gasteiger partial charge is 0.219 e. The zero-order chi connectivity index (χ0) is 18.8. The summed E-state index contributed by atoms with van der Waals surface area (Å²) in [5.41, 5.74) is 6.66. The first-order chi connectivity index (χ1) is 13.1. The van der Waals surface area contributed by atoms with Crippen LogP contribution in [0.3, 0.4) is 0 Å². The number of carbonyl (C=O) groups is 1. The van der Waals surface area contributed by atoms with Gasteiger partial charge in [0.05, 0.1) is 0 Å². The van der Waals surface area contributed by atoms with Gasteiger partial charge in [-0.25, -0.2) is 0 Å². The molecule has 1 atom stereocenters. The highest BCUT2D eigenvalue weighted by Gasteiger charge is 2.20.